The van der Waals surface area contributed by atoms with Crippen LogP contribution < -0.4 is 34.7 Å². The summed E-state index contributed by atoms with van der Waals surface area (Å²) in [4.78, 5) is 10.2. The molecule has 0 unspecified atom stereocenters. The van der Waals surface area contributed by atoms with Crippen LogP contribution in [0.5, 0.6) is 0 Å². The molecule has 0 amide bonds. The van der Waals surface area contributed by atoms with Gasteiger partial charge in [-0.3, -0.25) is 0 Å². The van der Waals surface area contributed by atoms with Crippen molar-refractivity contribution in [2.24, 2.45) is 0 Å². The summed E-state index contributed by atoms with van der Waals surface area (Å²) in [5, 5.41) is 10.2. The minimum absolute atomic E-state index is 0. The predicted octanol–water partition coefficient (Wildman–Crippen LogP) is -2.76. The minimum Gasteiger partial charge on any atom is -0.545 e. The van der Waals surface area contributed by atoms with E-state index in [1.807, 2.05) is 0 Å². The van der Waals surface area contributed by atoms with Crippen LogP contribution in [-0.2, 0) is 0 Å². The quantitative estimate of drug-likeness (QED) is 0.414. The van der Waals surface area contributed by atoms with Crippen LogP contribution >= 0.6 is 0 Å². The molecule has 0 atom stereocenters. The van der Waals surface area contributed by atoms with Crippen molar-refractivity contribution in [3.8, 4) is 0 Å². The van der Waals surface area contributed by atoms with Gasteiger partial charge in [-0.25, -0.2) is 0 Å². The van der Waals surface area contributed by atoms with Crippen LogP contribution in [0.4, 0.5) is 0 Å². The molecule has 0 N–H and O–H groups in total. The van der Waals surface area contributed by atoms with Gasteiger partial charge < -0.3 is 9.90 Å². The Labute approximate surface area is 87.5 Å². The van der Waals surface area contributed by atoms with Gasteiger partial charge in [-0.2, -0.15) is 0 Å². The maximum absolute atomic E-state index is 10.2. The second kappa shape index (κ2) is 4.54. The number of carboxylic acid groups (broad SMARTS) is 1. The molecule has 3 heteroatoms. The van der Waals surface area contributed by atoms with Crippen molar-refractivity contribution in [1.29, 1.82) is 0 Å². The van der Waals surface area contributed by atoms with Gasteiger partial charge in [0.05, 0.1) is 5.97 Å². The van der Waals surface area contributed by atoms with Crippen molar-refractivity contribution in [2.75, 3.05) is 0 Å². The molecule has 2 nitrogen and oxygen atoms in total. The number of carbonyl (C=O) groups excluding carboxylic acids is 1. The summed E-state index contributed by atoms with van der Waals surface area (Å²) < 4.78 is 0. The molecule has 0 saturated carbocycles. The summed E-state index contributed by atoms with van der Waals surface area (Å²) in [7, 11) is 0. The molecule has 0 heterocycles. The number of benzene rings is 1. The van der Waals surface area contributed by atoms with Gasteiger partial charge in [-0.15, -0.1) is 0 Å². The van der Waals surface area contributed by atoms with Crippen LogP contribution in [0.2, 0.25) is 0 Å². The number of rotatable bonds is 1. The maximum atomic E-state index is 10.2. The van der Waals surface area contributed by atoms with Crippen molar-refractivity contribution < 1.29 is 39.5 Å². The molecule has 0 aromatic heterocycles. The van der Waals surface area contributed by atoms with Gasteiger partial charge in [0.1, 0.15) is 0 Å². The average Bonchev–Trinajstić information content (AvgIpc) is 1.88. The molecule has 1 aromatic rings. The van der Waals surface area contributed by atoms with Gasteiger partial charge in [-0.1, -0.05) is 24.3 Å². The summed E-state index contributed by atoms with van der Waals surface area (Å²) in [5.41, 5.74) is 0.984. The fourth-order valence-corrected chi connectivity index (χ4v) is 0.641. The molecule has 1 aromatic carbocycles. The molecule has 0 spiro atoms. The molecule has 0 aliphatic carbocycles. The number of carboxylic acids is 1. The first-order valence-electron chi connectivity index (χ1n) is 2.83. The minimum atomic E-state index is -1.15. The zero-order valence-electron chi connectivity index (χ0n) is 6.33. The second-order valence-corrected chi connectivity index (χ2v) is 1.98. The Balaban J connectivity index is 0.000001000. The monoisotopic (exact) mass is 157 g/mol. The van der Waals surface area contributed by atoms with Crippen molar-refractivity contribution in [3.63, 3.8) is 0 Å². The van der Waals surface area contributed by atoms with E-state index in [0.717, 1.165) is 5.56 Å². The molecule has 0 saturated heterocycles. The zero-order valence-corrected chi connectivity index (χ0v) is 8.33. The summed E-state index contributed by atoms with van der Waals surface area (Å²) in [6.07, 6.45) is 0. The SMILES string of the molecule is [CH2]c1ccc(C(=O)[O-])cc1.[Na+]. The molecular formula is C8H6NaO2. The Morgan fingerprint density at radius 1 is 1.27 bits per heavy atom. The van der Waals surface area contributed by atoms with E-state index in [2.05, 4.69) is 6.92 Å². The first kappa shape index (κ1) is 10.7. The molecule has 1 rings (SSSR count). The van der Waals surface area contributed by atoms with Crippen LogP contribution in [-0.4, -0.2) is 5.97 Å². The molecule has 0 fully saturated rings. The fraction of sp³-hybridized carbons (Fsp3) is 0. The standard InChI is InChI=1S/C8H7O2.Na/c1-6-2-4-7(5-3-6)8(9)10;/h2-5H,1H2,(H,9,10);/q;+1/p-1. The van der Waals surface area contributed by atoms with Gasteiger partial charge in [0.2, 0.25) is 0 Å². The topological polar surface area (TPSA) is 40.1 Å². The van der Waals surface area contributed by atoms with Crippen LogP contribution in [0, 0.1) is 6.92 Å². The molecule has 11 heavy (non-hydrogen) atoms. The average molecular weight is 157 g/mol. The van der Waals surface area contributed by atoms with Gasteiger partial charge in [0.25, 0.3) is 0 Å². The van der Waals surface area contributed by atoms with E-state index < -0.39 is 5.97 Å². The third kappa shape index (κ3) is 3.06. The van der Waals surface area contributed by atoms with Gasteiger partial charge >= 0.3 is 29.6 Å². The van der Waals surface area contributed by atoms with Crippen molar-refractivity contribution in [2.45, 2.75) is 0 Å². The van der Waals surface area contributed by atoms with Crippen LogP contribution in [0.25, 0.3) is 0 Å². The molecule has 51 valence electrons. The maximum Gasteiger partial charge on any atom is 1.00 e. The van der Waals surface area contributed by atoms with Crippen molar-refractivity contribution in [3.05, 3.63) is 42.3 Å². The van der Waals surface area contributed by atoms with E-state index in [-0.39, 0.29) is 35.1 Å². The third-order valence-electron chi connectivity index (χ3n) is 1.19. The number of hydrogen-bond acceptors (Lipinski definition) is 2. The molecule has 0 aliphatic heterocycles. The Morgan fingerprint density at radius 3 is 2.09 bits per heavy atom. The first-order chi connectivity index (χ1) is 4.70. The zero-order chi connectivity index (χ0) is 7.56. The smallest absolute Gasteiger partial charge is 0.545 e. The fourth-order valence-electron chi connectivity index (χ4n) is 0.641. The molecule has 0 bridgehead atoms. The molecule has 0 aliphatic rings. The van der Waals surface area contributed by atoms with E-state index in [9.17, 15) is 9.90 Å². The molecule has 1 radical (unpaired) electrons. The summed E-state index contributed by atoms with van der Waals surface area (Å²) in [6, 6.07) is 6.20. The first-order valence-corrected chi connectivity index (χ1v) is 2.83. The van der Waals surface area contributed by atoms with E-state index in [4.69, 9.17) is 0 Å². The van der Waals surface area contributed by atoms with Gasteiger partial charge in [0, 0.05) is 0 Å². The van der Waals surface area contributed by atoms with Crippen LogP contribution in [0.1, 0.15) is 15.9 Å². The second-order valence-electron chi connectivity index (χ2n) is 1.98. The number of aromatic carboxylic acids is 1. The van der Waals surface area contributed by atoms with Crippen LogP contribution in [0.15, 0.2) is 24.3 Å². The largest absolute Gasteiger partial charge is 1.00 e. The number of hydrogen-bond donors (Lipinski definition) is 0. The van der Waals surface area contributed by atoms with Crippen molar-refractivity contribution >= 4 is 5.97 Å². The van der Waals surface area contributed by atoms with Gasteiger partial charge in [0.15, 0.2) is 0 Å². The van der Waals surface area contributed by atoms with E-state index >= 15 is 0 Å². The summed E-state index contributed by atoms with van der Waals surface area (Å²) in [5.74, 6) is -1.15. The summed E-state index contributed by atoms with van der Waals surface area (Å²) >= 11 is 0. The van der Waals surface area contributed by atoms with Crippen LogP contribution in [0.3, 0.4) is 0 Å². The Hall–Kier alpha value is -0.310. The Kier molecular flexibility index (Phi) is 4.42. The normalized spacial score (nSPS) is 8.45. The number of carbonyl (C=O) groups is 1. The predicted molar refractivity (Wildman–Crippen MR) is 35.2 cm³/mol. The third-order valence-corrected chi connectivity index (χ3v) is 1.19. The molecular weight excluding hydrogens is 151 g/mol. The van der Waals surface area contributed by atoms with E-state index in [0.29, 0.717) is 0 Å². The van der Waals surface area contributed by atoms with Gasteiger partial charge in [-0.05, 0) is 18.1 Å². The summed E-state index contributed by atoms with van der Waals surface area (Å²) in [6.45, 7) is 3.61. The Bertz CT molecular complexity index is 241. The Morgan fingerprint density at radius 2 is 1.73 bits per heavy atom. The van der Waals surface area contributed by atoms with Crippen molar-refractivity contribution in [1.82, 2.24) is 0 Å². The van der Waals surface area contributed by atoms with E-state index in [1.54, 1.807) is 12.1 Å². The van der Waals surface area contributed by atoms with E-state index in [1.165, 1.54) is 12.1 Å².